The molecule has 0 unspecified atom stereocenters. The van der Waals surface area contributed by atoms with Crippen molar-refractivity contribution in [3.63, 3.8) is 0 Å². The highest BCUT2D eigenvalue weighted by Crippen LogP contribution is 2.13. The predicted octanol–water partition coefficient (Wildman–Crippen LogP) is 0.0963. The summed E-state index contributed by atoms with van der Waals surface area (Å²) in [6, 6.07) is 5.74. The van der Waals surface area contributed by atoms with Gasteiger partial charge in [0.25, 0.3) is 0 Å². The Hall–Kier alpha value is -1.44. The van der Waals surface area contributed by atoms with Crippen molar-refractivity contribution in [3.8, 4) is 0 Å². The summed E-state index contributed by atoms with van der Waals surface area (Å²) in [6.07, 6.45) is -0.139. The summed E-state index contributed by atoms with van der Waals surface area (Å²) in [4.78, 5) is 10.6. The van der Waals surface area contributed by atoms with Crippen LogP contribution >= 0.6 is 0 Å². The smallest absolute Gasteiger partial charge is 0.307 e. The third-order valence-corrected chi connectivity index (χ3v) is 4.06. The van der Waals surface area contributed by atoms with Gasteiger partial charge in [0.05, 0.1) is 36.9 Å². The molecule has 106 valence electrons. The highest BCUT2D eigenvalue weighted by Gasteiger charge is 2.14. The minimum atomic E-state index is -3.44. The van der Waals surface area contributed by atoms with Gasteiger partial charge in [-0.1, -0.05) is 12.1 Å². The van der Waals surface area contributed by atoms with Gasteiger partial charge < -0.3 is 14.9 Å². The third kappa shape index (κ3) is 5.37. The van der Waals surface area contributed by atoms with E-state index in [1.165, 1.54) is 24.3 Å². The van der Waals surface area contributed by atoms with Gasteiger partial charge in [0, 0.05) is 0 Å². The SMILES string of the molecule is O=C(O)Cc1ccc(S(=O)(=O)CCOCCO)cc1. The maximum atomic E-state index is 11.9. The Morgan fingerprint density at radius 2 is 1.79 bits per heavy atom. The number of carboxylic acids is 1. The van der Waals surface area contributed by atoms with Crippen LogP contribution in [0.25, 0.3) is 0 Å². The molecule has 0 saturated carbocycles. The van der Waals surface area contributed by atoms with Gasteiger partial charge in [0.1, 0.15) is 0 Å². The van der Waals surface area contributed by atoms with Gasteiger partial charge in [0.15, 0.2) is 9.84 Å². The molecule has 0 atom stereocenters. The fourth-order valence-corrected chi connectivity index (χ4v) is 2.57. The number of benzene rings is 1. The summed E-state index contributed by atoms with van der Waals surface area (Å²) in [5.41, 5.74) is 0.544. The second-order valence-corrected chi connectivity index (χ2v) is 5.98. The molecule has 0 amide bonds. The first kappa shape index (κ1) is 15.6. The Bertz CT molecular complexity index is 506. The van der Waals surface area contributed by atoms with E-state index in [1.54, 1.807) is 0 Å². The Morgan fingerprint density at radius 3 is 2.32 bits per heavy atom. The van der Waals surface area contributed by atoms with E-state index in [-0.39, 0.29) is 36.9 Å². The van der Waals surface area contributed by atoms with Crippen molar-refractivity contribution in [2.75, 3.05) is 25.6 Å². The van der Waals surface area contributed by atoms with E-state index in [2.05, 4.69) is 0 Å². The molecule has 1 aromatic carbocycles. The summed E-state index contributed by atoms with van der Waals surface area (Å²) in [7, 11) is -3.44. The molecule has 0 bridgehead atoms. The minimum Gasteiger partial charge on any atom is -0.481 e. The fraction of sp³-hybridized carbons (Fsp3) is 0.417. The van der Waals surface area contributed by atoms with Crippen molar-refractivity contribution in [2.45, 2.75) is 11.3 Å². The highest BCUT2D eigenvalue weighted by molar-refractivity contribution is 7.91. The molecule has 6 nitrogen and oxygen atoms in total. The minimum absolute atomic E-state index is 0.0137. The Morgan fingerprint density at radius 1 is 1.16 bits per heavy atom. The molecule has 2 N–H and O–H groups in total. The first-order valence-electron chi connectivity index (χ1n) is 5.68. The van der Waals surface area contributed by atoms with Crippen LogP contribution in [0.3, 0.4) is 0 Å². The van der Waals surface area contributed by atoms with Gasteiger partial charge >= 0.3 is 5.97 Å². The lowest BCUT2D eigenvalue weighted by Gasteiger charge is -2.06. The van der Waals surface area contributed by atoms with Crippen LogP contribution in [-0.4, -0.2) is 50.2 Å². The molecule has 0 fully saturated rings. The number of aliphatic hydroxyl groups excluding tert-OH is 1. The average Bonchev–Trinajstić information content (AvgIpc) is 2.35. The maximum Gasteiger partial charge on any atom is 0.307 e. The number of aliphatic carboxylic acids is 1. The van der Waals surface area contributed by atoms with Crippen molar-refractivity contribution >= 4 is 15.8 Å². The number of carboxylic acid groups (broad SMARTS) is 1. The second kappa shape index (κ2) is 7.22. The molecule has 0 spiro atoms. The molecule has 1 aromatic rings. The first-order chi connectivity index (χ1) is 8.95. The van der Waals surface area contributed by atoms with Crippen molar-refractivity contribution < 1.29 is 28.2 Å². The molecule has 7 heteroatoms. The molecule has 0 heterocycles. The van der Waals surface area contributed by atoms with Crippen LogP contribution in [0.5, 0.6) is 0 Å². The number of sulfone groups is 1. The molecule has 0 aliphatic heterocycles. The lowest BCUT2D eigenvalue weighted by molar-refractivity contribution is -0.136. The van der Waals surface area contributed by atoms with Gasteiger partial charge in [0.2, 0.25) is 0 Å². The molecule has 0 aliphatic carbocycles. The van der Waals surface area contributed by atoms with E-state index >= 15 is 0 Å². The fourth-order valence-electron chi connectivity index (χ4n) is 1.44. The Labute approximate surface area is 111 Å². The number of hydrogen-bond acceptors (Lipinski definition) is 5. The molecule has 0 aliphatic rings. The van der Waals surface area contributed by atoms with E-state index in [0.717, 1.165) is 0 Å². The van der Waals surface area contributed by atoms with Crippen molar-refractivity contribution in [3.05, 3.63) is 29.8 Å². The van der Waals surface area contributed by atoms with Crippen LogP contribution in [0, 0.1) is 0 Å². The van der Waals surface area contributed by atoms with Crippen LogP contribution in [0.15, 0.2) is 29.2 Å². The summed E-state index contributed by atoms with van der Waals surface area (Å²) < 4.78 is 28.6. The summed E-state index contributed by atoms with van der Waals surface area (Å²) in [5.74, 6) is -1.14. The first-order valence-corrected chi connectivity index (χ1v) is 7.33. The largest absolute Gasteiger partial charge is 0.481 e. The normalized spacial score (nSPS) is 11.4. The molecular weight excluding hydrogens is 272 g/mol. The van der Waals surface area contributed by atoms with E-state index in [9.17, 15) is 13.2 Å². The molecule has 1 rings (SSSR count). The van der Waals surface area contributed by atoms with Crippen LogP contribution in [0.2, 0.25) is 0 Å². The van der Waals surface area contributed by atoms with Crippen LogP contribution in [-0.2, 0) is 25.8 Å². The Balaban J connectivity index is 2.65. The number of hydrogen-bond donors (Lipinski definition) is 2. The number of aliphatic hydroxyl groups is 1. The lowest BCUT2D eigenvalue weighted by Crippen LogP contribution is -2.14. The van der Waals surface area contributed by atoms with Crippen LogP contribution in [0.1, 0.15) is 5.56 Å². The van der Waals surface area contributed by atoms with Crippen molar-refractivity contribution in [1.29, 1.82) is 0 Å². The van der Waals surface area contributed by atoms with Gasteiger partial charge in [-0.15, -0.1) is 0 Å². The van der Waals surface area contributed by atoms with Gasteiger partial charge in [-0.25, -0.2) is 8.42 Å². The van der Waals surface area contributed by atoms with Gasteiger partial charge in [-0.2, -0.15) is 0 Å². The number of rotatable bonds is 8. The Kier molecular flexibility index (Phi) is 5.94. The van der Waals surface area contributed by atoms with Gasteiger partial charge in [-0.05, 0) is 17.7 Å². The lowest BCUT2D eigenvalue weighted by atomic mass is 10.2. The van der Waals surface area contributed by atoms with E-state index in [1.807, 2.05) is 0 Å². The van der Waals surface area contributed by atoms with E-state index in [4.69, 9.17) is 14.9 Å². The van der Waals surface area contributed by atoms with E-state index < -0.39 is 15.8 Å². The number of carbonyl (C=O) groups is 1. The molecular formula is C12H16O6S. The highest BCUT2D eigenvalue weighted by atomic mass is 32.2. The average molecular weight is 288 g/mol. The van der Waals surface area contributed by atoms with Crippen molar-refractivity contribution in [1.82, 2.24) is 0 Å². The zero-order valence-corrected chi connectivity index (χ0v) is 11.1. The monoisotopic (exact) mass is 288 g/mol. The number of ether oxygens (including phenoxy) is 1. The van der Waals surface area contributed by atoms with E-state index in [0.29, 0.717) is 5.56 Å². The molecule has 19 heavy (non-hydrogen) atoms. The van der Waals surface area contributed by atoms with Crippen molar-refractivity contribution in [2.24, 2.45) is 0 Å². The van der Waals surface area contributed by atoms with Crippen LogP contribution < -0.4 is 0 Å². The zero-order chi connectivity index (χ0) is 14.3. The zero-order valence-electron chi connectivity index (χ0n) is 10.3. The summed E-state index contributed by atoms with van der Waals surface area (Å²) in [5, 5.41) is 17.1. The standard InChI is InChI=1S/C12H16O6S/c13-5-6-18-7-8-19(16,17)11-3-1-10(2-4-11)9-12(14)15/h1-4,13H,5-9H2,(H,14,15). The molecule has 0 aromatic heterocycles. The quantitative estimate of drug-likeness (QED) is 0.658. The maximum absolute atomic E-state index is 11.9. The second-order valence-electron chi connectivity index (χ2n) is 3.87. The third-order valence-electron chi connectivity index (χ3n) is 2.37. The summed E-state index contributed by atoms with van der Waals surface area (Å²) in [6.45, 7) is -0.0310. The molecule has 0 saturated heterocycles. The van der Waals surface area contributed by atoms with Crippen LogP contribution in [0.4, 0.5) is 0 Å². The predicted molar refractivity (Wildman–Crippen MR) is 67.7 cm³/mol. The van der Waals surface area contributed by atoms with Gasteiger partial charge in [-0.3, -0.25) is 4.79 Å². The summed E-state index contributed by atoms with van der Waals surface area (Å²) >= 11 is 0. The molecule has 0 radical (unpaired) electrons. The topological polar surface area (TPSA) is 101 Å².